The van der Waals surface area contributed by atoms with Crippen LogP contribution in [0.1, 0.15) is 17.7 Å². The summed E-state index contributed by atoms with van der Waals surface area (Å²) in [6.45, 7) is 4.30. The molecule has 0 bridgehead atoms. The second-order valence-electron chi connectivity index (χ2n) is 5.52. The number of nitrogens with zero attached hydrogens (tertiary/aromatic N) is 2. The SMILES string of the molecule is Cc1ccc(N2CC(C(=O)Nc3nc(C)cs3)CC2=O)cc1. The molecule has 5 nitrogen and oxygen atoms in total. The molecule has 0 saturated carbocycles. The van der Waals surface area contributed by atoms with Gasteiger partial charge in [0.15, 0.2) is 5.13 Å². The lowest BCUT2D eigenvalue weighted by atomic mass is 10.1. The first kappa shape index (κ1) is 14.7. The summed E-state index contributed by atoms with van der Waals surface area (Å²) < 4.78 is 0. The summed E-state index contributed by atoms with van der Waals surface area (Å²) in [4.78, 5) is 30.3. The Kier molecular flexibility index (Phi) is 3.94. The third-order valence-electron chi connectivity index (χ3n) is 3.69. The van der Waals surface area contributed by atoms with Crippen molar-refractivity contribution in [3.05, 3.63) is 40.9 Å². The lowest BCUT2D eigenvalue weighted by molar-refractivity contribution is -0.122. The first-order chi connectivity index (χ1) is 10.5. The molecule has 0 radical (unpaired) electrons. The van der Waals surface area contributed by atoms with E-state index in [-0.39, 0.29) is 24.2 Å². The minimum absolute atomic E-state index is 0.0145. The molecule has 1 saturated heterocycles. The molecule has 1 aliphatic rings. The van der Waals surface area contributed by atoms with E-state index in [0.717, 1.165) is 16.9 Å². The van der Waals surface area contributed by atoms with Crippen molar-refractivity contribution in [2.75, 3.05) is 16.8 Å². The van der Waals surface area contributed by atoms with E-state index >= 15 is 0 Å². The van der Waals surface area contributed by atoms with E-state index in [4.69, 9.17) is 0 Å². The summed E-state index contributed by atoms with van der Waals surface area (Å²) in [6, 6.07) is 7.76. The summed E-state index contributed by atoms with van der Waals surface area (Å²) in [7, 11) is 0. The molecule has 22 heavy (non-hydrogen) atoms. The van der Waals surface area contributed by atoms with Gasteiger partial charge in [-0.2, -0.15) is 0 Å². The molecule has 114 valence electrons. The number of amides is 2. The molecular weight excluding hydrogens is 298 g/mol. The summed E-state index contributed by atoms with van der Waals surface area (Å²) in [6.07, 6.45) is 0.240. The number of nitrogens with one attached hydrogen (secondary N) is 1. The van der Waals surface area contributed by atoms with Crippen molar-refractivity contribution in [3.63, 3.8) is 0 Å². The highest BCUT2D eigenvalue weighted by atomic mass is 32.1. The van der Waals surface area contributed by atoms with Crippen molar-refractivity contribution in [3.8, 4) is 0 Å². The molecule has 1 atom stereocenters. The minimum atomic E-state index is -0.335. The second-order valence-corrected chi connectivity index (χ2v) is 6.38. The lowest BCUT2D eigenvalue weighted by Gasteiger charge is -2.16. The van der Waals surface area contributed by atoms with Crippen LogP contribution in [0.5, 0.6) is 0 Å². The maximum Gasteiger partial charge on any atom is 0.231 e. The van der Waals surface area contributed by atoms with E-state index in [1.54, 1.807) is 4.90 Å². The van der Waals surface area contributed by atoms with Crippen LogP contribution in [0.4, 0.5) is 10.8 Å². The van der Waals surface area contributed by atoms with Gasteiger partial charge < -0.3 is 10.2 Å². The van der Waals surface area contributed by atoms with Crippen LogP contribution in [0.25, 0.3) is 0 Å². The van der Waals surface area contributed by atoms with Gasteiger partial charge in [0, 0.05) is 24.0 Å². The lowest BCUT2D eigenvalue weighted by Crippen LogP contribution is -2.28. The number of thiazole rings is 1. The fourth-order valence-corrected chi connectivity index (χ4v) is 3.17. The van der Waals surface area contributed by atoms with Crippen LogP contribution in [-0.4, -0.2) is 23.3 Å². The predicted octanol–water partition coefficient (Wildman–Crippen LogP) is 2.75. The van der Waals surface area contributed by atoms with E-state index in [2.05, 4.69) is 10.3 Å². The van der Waals surface area contributed by atoms with Crippen LogP contribution in [0, 0.1) is 19.8 Å². The highest BCUT2D eigenvalue weighted by Gasteiger charge is 2.35. The minimum Gasteiger partial charge on any atom is -0.312 e. The summed E-state index contributed by atoms with van der Waals surface area (Å²) in [5.74, 6) is -0.491. The predicted molar refractivity (Wildman–Crippen MR) is 87.1 cm³/mol. The Balaban J connectivity index is 1.68. The number of benzene rings is 1. The molecule has 2 heterocycles. The van der Waals surface area contributed by atoms with Crippen LogP contribution in [0.2, 0.25) is 0 Å². The first-order valence-electron chi connectivity index (χ1n) is 7.13. The van der Waals surface area contributed by atoms with E-state index in [0.29, 0.717) is 11.7 Å². The van der Waals surface area contributed by atoms with Gasteiger partial charge in [0.05, 0.1) is 11.6 Å². The van der Waals surface area contributed by atoms with E-state index in [1.807, 2.05) is 43.5 Å². The van der Waals surface area contributed by atoms with E-state index in [9.17, 15) is 9.59 Å². The van der Waals surface area contributed by atoms with Gasteiger partial charge in [-0.15, -0.1) is 11.3 Å². The van der Waals surface area contributed by atoms with Crippen LogP contribution < -0.4 is 10.2 Å². The topological polar surface area (TPSA) is 62.3 Å². The molecule has 2 amide bonds. The highest BCUT2D eigenvalue weighted by Crippen LogP contribution is 2.26. The molecule has 6 heteroatoms. The fourth-order valence-electron chi connectivity index (χ4n) is 2.48. The molecule has 2 aromatic rings. The number of hydrogen-bond donors (Lipinski definition) is 1. The second kappa shape index (κ2) is 5.88. The number of rotatable bonds is 3. The number of aromatic nitrogens is 1. The van der Waals surface area contributed by atoms with Crippen molar-refractivity contribution in [1.29, 1.82) is 0 Å². The quantitative estimate of drug-likeness (QED) is 0.947. The van der Waals surface area contributed by atoms with Crippen LogP contribution >= 0.6 is 11.3 Å². The fraction of sp³-hybridized carbons (Fsp3) is 0.312. The molecule has 1 aliphatic heterocycles. The van der Waals surface area contributed by atoms with Crippen molar-refractivity contribution in [2.45, 2.75) is 20.3 Å². The Morgan fingerprint density at radius 2 is 2.05 bits per heavy atom. The Morgan fingerprint density at radius 1 is 1.32 bits per heavy atom. The zero-order valence-electron chi connectivity index (χ0n) is 12.5. The molecule has 0 spiro atoms. The Bertz CT molecular complexity index is 708. The van der Waals surface area contributed by atoms with E-state index in [1.165, 1.54) is 11.3 Å². The first-order valence-corrected chi connectivity index (χ1v) is 8.01. The van der Waals surface area contributed by atoms with Crippen molar-refractivity contribution in [1.82, 2.24) is 4.98 Å². The molecule has 1 aromatic carbocycles. The average Bonchev–Trinajstić information content (AvgIpc) is 3.06. The Hall–Kier alpha value is -2.21. The van der Waals surface area contributed by atoms with Gasteiger partial charge in [-0.1, -0.05) is 17.7 Å². The maximum atomic E-state index is 12.3. The largest absolute Gasteiger partial charge is 0.312 e. The highest BCUT2D eigenvalue weighted by molar-refractivity contribution is 7.13. The number of hydrogen-bond acceptors (Lipinski definition) is 4. The van der Waals surface area contributed by atoms with Gasteiger partial charge in [-0.25, -0.2) is 4.98 Å². The zero-order chi connectivity index (χ0) is 15.7. The van der Waals surface area contributed by atoms with Crippen molar-refractivity contribution < 1.29 is 9.59 Å². The van der Waals surface area contributed by atoms with Crippen molar-refractivity contribution >= 4 is 34.0 Å². The van der Waals surface area contributed by atoms with Gasteiger partial charge >= 0.3 is 0 Å². The maximum absolute atomic E-state index is 12.3. The van der Waals surface area contributed by atoms with Gasteiger partial charge in [0.2, 0.25) is 11.8 Å². The van der Waals surface area contributed by atoms with Crippen LogP contribution in [0.3, 0.4) is 0 Å². The summed E-state index contributed by atoms with van der Waals surface area (Å²) in [5, 5.41) is 5.27. The Labute approximate surface area is 133 Å². The molecule has 1 unspecified atom stereocenters. The summed E-state index contributed by atoms with van der Waals surface area (Å²) in [5.41, 5.74) is 2.86. The molecule has 1 aromatic heterocycles. The van der Waals surface area contributed by atoms with Gasteiger partial charge in [-0.05, 0) is 26.0 Å². The molecule has 3 rings (SSSR count). The summed E-state index contributed by atoms with van der Waals surface area (Å²) >= 11 is 1.39. The monoisotopic (exact) mass is 315 g/mol. The van der Waals surface area contributed by atoms with Crippen LogP contribution in [0.15, 0.2) is 29.6 Å². The molecule has 0 aliphatic carbocycles. The molecular formula is C16H17N3O2S. The van der Waals surface area contributed by atoms with Gasteiger partial charge in [0.25, 0.3) is 0 Å². The van der Waals surface area contributed by atoms with Crippen LogP contribution in [-0.2, 0) is 9.59 Å². The standard InChI is InChI=1S/C16H17N3O2S/c1-10-3-5-13(6-4-10)19-8-12(7-14(19)20)15(21)18-16-17-11(2)9-22-16/h3-6,9,12H,7-8H2,1-2H3,(H,17,18,21). The average molecular weight is 315 g/mol. The number of anilines is 2. The van der Waals surface area contributed by atoms with Crippen molar-refractivity contribution in [2.24, 2.45) is 5.92 Å². The number of aryl methyl sites for hydroxylation is 2. The van der Waals surface area contributed by atoms with E-state index < -0.39 is 0 Å². The number of carbonyl (C=O) groups is 2. The third-order valence-corrected chi connectivity index (χ3v) is 4.57. The zero-order valence-corrected chi connectivity index (χ0v) is 13.3. The number of carbonyl (C=O) groups excluding carboxylic acids is 2. The smallest absolute Gasteiger partial charge is 0.231 e. The van der Waals surface area contributed by atoms with Gasteiger partial charge in [-0.3, -0.25) is 9.59 Å². The third kappa shape index (κ3) is 3.01. The molecule has 1 N–H and O–H groups in total. The molecule has 1 fully saturated rings. The Morgan fingerprint density at radius 3 is 2.68 bits per heavy atom. The van der Waals surface area contributed by atoms with Gasteiger partial charge in [0.1, 0.15) is 0 Å². The normalized spacial score (nSPS) is 17.8.